The zero-order valence-corrected chi connectivity index (χ0v) is 26.4. The molecule has 234 valence electrons. The molecular formula is C34H42N10O. The number of piperidine rings is 1. The first kappa shape index (κ1) is 30.3. The van der Waals surface area contributed by atoms with Gasteiger partial charge in [0.25, 0.3) is 0 Å². The number of fused-ring (bicyclic) bond motifs is 2. The molecule has 0 bridgehead atoms. The summed E-state index contributed by atoms with van der Waals surface area (Å²) < 4.78 is 1.81. The predicted octanol–water partition coefficient (Wildman–Crippen LogP) is 4.99. The summed E-state index contributed by atoms with van der Waals surface area (Å²) in [5.41, 5.74) is 13.0. The number of hydrogen-bond acceptors (Lipinski definition) is 8. The van der Waals surface area contributed by atoms with Crippen LogP contribution in [0.15, 0.2) is 66.9 Å². The van der Waals surface area contributed by atoms with E-state index < -0.39 is 0 Å². The summed E-state index contributed by atoms with van der Waals surface area (Å²) in [6.45, 7) is 7.28. The Balaban J connectivity index is 1.20. The van der Waals surface area contributed by atoms with Gasteiger partial charge < -0.3 is 31.2 Å². The third-order valence-corrected chi connectivity index (χ3v) is 8.14. The van der Waals surface area contributed by atoms with Crippen molar-refractivity contribution in [1.29, 1.82) is 0 Å². The maximum Gasteiger partial charge on any atom is 0.248 e. The van der Waals surface area contributed by atoms with Gasteiger partial charge in [-0.15, -0.1) is 0 Å². The number of rotatable bonds is 10. The summed E-state index contributed by atoms with van der Waals surface area (Å²) in [7, 11) is 3.93. The highest BCUT2D eigenvalue weighted by Crippen LogP contribution is 2.28. The molecule has 1 saturated heterocycles. The number of aromatic nitrogens is 5. The number of hydrogen-bond donors (Lipinski definition) is 4. The van der Waals surface area contributed by atoms with Crippen LogP contribution in [-0.4, -0.2) is 75.1 Å². The fourth-order valence-corrected chi connectivity index (χ4v) is 5.60. The Morgan fingerprint density at radius 3 is 2.73 bits per heavy atom. The first-order valence-corrected chi connectivity index (χ1v) is 15.6. The van der Waals surface area contributed by atoms with E-state index in [4.69, 9.17) is 15.7 Å². The molecule has 0 spiro atoms. The molecule has 4 heterocycles. The van der Waals surface area contributed by atoms with E-state index in [0.29, 0.717) is 25.0 Å². The summed E-state index contributed by atoms with van der Waals surface area (Å²) >= 11 is 0. The predicted molar refractivity (Wildman–Crippen MR) is 182 cm³/mol. The van der Waals surface area contributed by atoms with Crippen molar-refractivity contribution in [3.05, 3.63) is 78.0 Å². The van der Waals surface area contributed by atoms with Gasteiger partial charge in [-0.2, -0.15) is 19.6 Å². The Labute approximate surface area is 263 Å². The molecule has 11 heteroatoms. The van der Waals surface area contributed by atoms with Crippen LogP contribution in [0.4, 0.5) is 17.6 Å². The first-order chi connectivity index (χ1) is 21.7. The second-order valence-corrected chi connectivity index (χ2v) is 12.4. The zero-order valence-electron chi connectivity index (χ0n) is 26.4. The van der Waals surface area contributed by atoms with Gasteiger partial charge in [0, 0.05) is 66.1 Å². The van der Waals surface area contributed by atoms with Gasteiger partial charge in [0.15, 0.2) is 5.65 Å². The fourth-order valence-electron chi connectivity index (χ4n) is 5.60. The Kier molecular flexibility index (Phi) is 8.81. The SMILES string of the molecule is CC(C)c1cnn2c(NCc3cccc(-c4cc5cc(NC(=O)/C=C/CN(C)C)ccc5[nH]4)c3)nc(N3CCC(N)CC3)nc12. The molecule has 1 amide bonds. The minimum absolute atomic E-state index is 0.143. The summed E-state index contributed by atoms with van der Waals surface area (Å²) in [6, 6.07) is 16.7. The molecule has 0 aliphatic carbocycles. The van der Waals surface area contributed by atoms with Gasteiger partial charge in [-0.25, -0.2) is 0 Å². The van der Waals surface area contributed by atoms with Crippen molar-refractivity contribution < 1.29 is 4.79 Å². The van der Waals surface area contributed by atoms with Gasteiger partial charge in [-0.3, -0.25) is 4.79 Å². The van der Waals surface area contributed by atoms with Gasteiger partial charge in [0.1, 0.15) is 0 Å². The van der Waals surface area contributed by atoms with E-state index in [1.165, 1.54) is 0 Å². The van der Waals surface area contributed by atoms with Crippen molar-refractivity contribution in [2.24, 2.45) is 5.73 Å². The van der Waals surface area contributed by atoms with Crippen LogP contribution in [0.1, 0.15) is 43.7 Å². The normalized spacial score (nSPS) is 14.4. The molecule has 0 saturated carbocycles. The van der Waals surface area contributed by atoms with Crippen molar-refractivity contribution in [1.82, 2.24) is 29.5 Å². The first-order valence-electron chi connectivity index (χ1n) is 15.6. The van der Waals surface area contributed by atoms with Gasteiger partial charge in [-0.1, -0.05) is 38.1 Å². The quantitative estimate of drug-likeness (QED) is 0.164. The van der Waals surface area contributed by atoms with E-state index in [1.54, 1.807) is 6.08 Å². The lowest BCUT2D eigenvalue weighted by atomic mass is 10.1. The van der Waals surface area contributed by atoms with Gasteiger partial charge in [-0.05, 0) is 74.3 Å². The van der Waals surface area contributed by atoms with E-state index in [2.05, 4.69) is 69.8 Å². The number of aromatic amines is 1. The second-order valence-electron chi connectivity index (χ2n) is 12.4. The molecule has 0 unspecified atom stereocenters. The number of benzene rings is 2. The minimum atomic E-state index is -0.143. The Morgan fingerprint density at radius 2 is 1.96 bits per heavy atom. The largest absolute Gasteiger partial charge is 0.355 e. The second kappa shape index (κ2) is 13.1. The van der Waals surface area contributed by atoms with E-state index in [0.717, 1.165) is 70.6 Å². The highest BCUT2D eigenvalue weighted by molar-refractivity contribution is 6.01. The molecule has 5 aromatic rings. The number of carbonyl (C=O) groups excluding carboxylic acids is 1. The standard InChI is InChI=1S/C34H42N10O/c1-22(2)28-21-37-44-32(28)40-34(43-15-12-26(35)13-16-43)41-33(44)36-20-23-7-5-8-24(17-23)30-19-25-18-27(10-11-29(25)39-30)38-31(45)9-6-14-42(3)4/h5-11,17-19,21-22,26,39H,12-16,20,35H2,1-4H3,(H,38,45)(H,36,40,41)/b9-6+. The summed E-state index contributed by atoms with van der Waals surface area (Å²) in [6.07, 6.45) is 7.17. The topological polar surface area (TPSA) is 132 Å². The highest BCUT2D eigenvalue weighted by Gasteiger charge is 2.22. The van der Waals surface area contributed by atoms with E-state index in [9.17, 15) is 4.79 Å². The fraction of sp³-hybridized carbons (Fsp3) is 0.353. The molecule has 2 aromatic carbocycles. The van der Waals surface area contributed by atoms with Gasteiger partial charge in [0.05, 0.1) is 6.20 Å². The molecule has 0 atom stereocenters. The number of anilines is 3. The summed E-state index contributed by atoms with van der Waals surface area (Å²) in [5, 5.41) is 12.2. The average Bonchev–Trinajstić information content (AvgIpc) is 3.65. The zero-order chi connectivity index (χ0) is 31.5. The van der Waals surface area contributed by atoms with Crippen LogP contribution in [0.3, 0.4) is 0 Å². The number of likely N-dealkylation sites (N-methyl/N-ethyl adjacent to an activating group) is 1. The van der Waals surface area contributed by atoms with Crippen LogP contribution in [0.2, 0.25) is 0 Å². The lowest BCUT2D eigenvalue weighted by Crippen LogP contribution is -2.40. The molecule has 45 heavy (non-hydrogen) atoms. The Hall–Kier alpha value is -4.74. The number of H-pyrrole nitrogens is 1. The number of nitrogens with two attached hydrogens (primary N) is 1. The number of carbonyl (C=O) groups is 1. The molecular weight excluding hydrogens is 564 g/mol. The molecule has 5 N–H and O–H groups in total. The van der Waals surface area contributed by atoms with Crippen LogP contribution < -0.4 is 21.3 Å². The molecule has 11 nitrogen and oxygen atoms in total. The third-order valence-electron chi connectivity index (χ3n) is 8.14. The van der Waals surface area contributed by atoms with Crippen LogP contribution in [0, 0.1) is 0 Å². The van der Waals surface area contributed by atoms with E-state index in [1.807, 2.05) is 54.0 Å². The number of nitrogens with zero attached hydrogens (tertiary/aromatic N) is 6. The van der Waals surface area contributed by atoms with Gasteiger partial charge >= 0.3 is 0 Å². The van der Waals surface area contributed by atoms with Crippen molar-refractivity contribution in [2.45, 2.75) is 45.2 Å². The van der Waals surface area contributed by atoms with Crippen LogP contribution in [0.25, 0.3) is 27.8 Å². The number of amides is 1. The minimum Gasteiger partial charge on any atom is -0.355 e. The van der Waals surface area contributed by atoms with Crippen LogP contribution in [0.5, 0.6) is 0 Å². The highest BCUT2D eigenvalue weighted by atomic mass is 16.1. The Morgan fingerprint density at radius 1 is 1.13 bits per heavy atom. The molecule has 1 fully saturated rings. The van der Waals surface area contributed by atoms with E-state index >= 15 is 0 Å². The smallest absolute Gasteiger partial charge is 0.248 e. The van der Waals surface area contributed by atoms with Gasteiger partial charge in [0.2, 0.25) is 17.8 Å². The molecule has 0 radical (unpaired) electrons. The summed E-state index contributed by atoms with van der Waals surface area (Å²) in [5.74, 6) is 1.53. The van der Waals surface area contributed by atoms with Crippen molar-refractivity contribution >= 4 is 40.0 Å². The third kappa shape index (κ3) is 7.00. The lowest BCUT2D eigenvalue weighted by Gasteiger charge is -2.30. The van der Waals surface area contributed by atoms with Crippen molar-refractivity contribution in [2.75, 3.05) is 49.3 Å². The maximum atomic E-state index is 12.3. The molecule has 1 aliphatic heterocycles. The monoisotopic (exact) mass is 606 g/mol. The summed E-state index contributed by atoms with van der Waals surface area (Å²) in [4.78, 5) is 29.9. The lowest BCUT2D eigenvalue weighted by molar-refractivity contribution is -0.111. The molecule has 1 aliphatic rings. The maximum absolute atomic E-state index is 12.3. The van der Waals surface area contributed by atoms with Crippen LogP contribution >= 0.6 is 0 Å². The molecule has 6 rings (SSSR count). The van der Waals surface area contributed by atoms with Crippen LogP contribution in [-0.2, 0) is 11.3 Å². The molecule has 3 aromatic heterocycles. The number of nitrogens with one attached hydrogen (secondary N) is 3. The van der Waals surface area contributed by atoms with Crippen molar-refractivity contribution in [3.8, 4) is 11.3 Å². The Bertz CT molecular complexity index is 1830. The van der Waals surface area contributed by atoms with E-state index in [-0.39, 0.29) is 17.9 Å². The average molecular weight is 607 g/mol. The van der Waals surface area contributed by atoms with Crippen molar-refractivity contribution in [3.63, 3.8) is 0 Å².